The highest BCUT2D eigenvalue weighted by molar-refractivity contribution is 7.89. The fourth-order valence-corrected chi connectivity index (χ4v) is 5.59. The van der Waals surface area contributed by atoms with Crippen molar-refractivity contribution in [3.63, 3.8) is 0 Å². The molecule has 1 heterocycles. The van der Waals surface area contributed by atoms with Crippen molar-refractivity contribution in [1.29, 1.82) is 0 Å². The first-order valence-corrected chi connectivity index (χ1v) is 11.6. The zero-order valence-electron chi connectivity index (χ0n) is 17.4. The Morgan fingerprint density at radius 2 is 1.61 bits per heavy atom. The van der Waals surface area contributed by atoms with Gasteiger partial charge in [-0.15, -0.1) is 0 Å². The lowest BCUT2D eigenvalue weighted by atomic mass is 10.2. The maximum atomic E-state index is 13.4. The number of hydrogen-bond acceptors (Lipinski definition) is 6. The van der Waals surface area contributed by atoms with Crippen molar-refractivity contribution < 1.29 is 27.5 Å². The first kappa shape index (κ1) is 21.3. The van der Waals surface area contributed by atoms with Gasteiger partial charge in [-0.05, 0) is 68.3 Å². The first-order valence-electron chi connectivity index (χ1n) is 10.1. The van der Waals surface area contributed by atoms with Crippen LogP contribution in [-0.2, 0) is 19.6 Å². The number of rotatable bonds is 8. The summed E-state index contributed by atoms with van der Waals surface area (Å²) in [6.07, 6.45) is 1.14. The van der Waals surface area contributed by atoms with Gasteiger partial charge in [-0.1, -0.05) is 0 Å². The lowest BCUT2D eigenvalue weighted by molar-refractivity contribution is -0.122. The van der Waals surface area contributed by atoms with E-state index in [0.717, 1.165) is 4.90 Å². The standard InChI is InChI=1S/C22H24N2O6S/c1-3-30-18-8-6-15(7-9-18)23-21(25)14-20(22(23)26)24(16-4-5-16)31(27,28)19-12-10-17(29-2)11-13-19/h6-13,16,20H,3-5,14H2,1-2H3. The van der Waals surface area contributed by atoms with Crippen molar-refractivity contribution in [2.24, 2.45) is 0 Å². The van der Waals surface area contributed by atoms with Crippen molar-refractivity contribution in [1.82, 2.24) is 4.31 Å². The zero-order chi connectivity index (χ0) is 22.2. The smallest absolute Gasteiger partial charge is 0.252 e. The van der Waals surface area contributed by atoms with Crippen LogP contribution in [0.3, 0.4) is 0 Å². The number of amides is 2. The fraction of sp³-hybridized carbons (Fsp3) is 0.364. The lowest BCUT2D eigenvalue weighted by Crippen LogP contribution is -2.46. The highest BCUT2D eigenvalue weighted by atomic mass is 32.2. The number of anilines is 1. The van der Waals surface area contributed by atoms with Gasteiger partial charge in [-0.2, -0.15) is 4.31 Å². The summed E-state index contributed by atoms with van der Waals surface area (Å²) in [4.78, 5) is 27.1. The zero-order valence-corrected chi connectivity index (χ0v) is 18.2. The summed E-state index contributed by atoms with van der Waals surface area (Å²) < 4.78 is 38.5. The third-order valence-electron chi connectivity index (χ3n) is 5.38. The van der Waals surface area contributed by atoms with Crippen LogP contribution in [0.15, 0.2) is 53.4 Å². The summed E-state index contributed by atoms with van der Waals surface area (Å²) >= 11 is 0. The highest BCUT2D eigenvalue weighted by Crippen LogP contribution is 2.38. The molecule has 2 aromatic carbocycles. The third kappa shape index (κ3) is 4.03. The molecule has 0 N–H and O–H groups in total. The minimum absolute atomic E-state index is 0.0694. The van der Waals surface area contributed by atoms with Gasteiger partial charge >= 0.3 is 0 Å². The van der Waals surface area contributed by atoms with E-state index >= 15 is 0 Å². The molecule has 1 saturated heterocycles. The minimum atomic E-state index is -3.96. The first-order chi connectivity index (χ1) is 14.9. The SMILES string of the molecule is CCOc1ccc(N2C(=O)CC(N(C3CC3)S(=O)(=O)c3ccc(OC)cc3)C2=O)cc1. The molecule has 1 unspecified atom stereocenters. The normalized spacial score (nSPS) is 19.2. The Kier molecular flexibility index (Phi) is 5.72. The molecule has 2 aliphatic rings. The predicted octanol–water partition coefficient (Wildman–Crippen LogP) is 2.58. The summed E-state index contributed by atoms with van der Waals surface area (Å²) in [6, 6.07) is 11.3. The van der Waals surface area contributed by atoms with Gasteiger partial charge in [-0.3, -0.25) is 9.59 Å². The second-order valence-corrected chi connectivity index (χ2v) is 9.30. The van der Waals surface area contributed by atoms with Gasteiger partial charge < -0.3 is 9.47 Å². The number of carbonyl (C=O) groups excluding carboxylic acids is 2. The van der Waals surface area contributed by atoms with E-state index in [9.17, 15) is 18.0 Å². The maximum absolute atomic E-state index is 13.4. The Bertz CT molecular complexity index is 1080. The molecule has 0 bridgehead atoms. The molecule has 1 saturated carbocycles. The molecule has 0 radical (unpaired) electrons. The Morgan fingerprint density at radius 3 is 2.16 bits per heavy atom. The molecule has 0 spiro atoms. The number of nitrogens with zero attached hydrogens (tertiary/aromatic N) is 2. The molecule has 8 nitrogen and oxygen atoms in total. The van der Waals surface area contributed by atoms with Crippen LogP contribution in [0.1, 0.15) is 26.2 Å². The number of sulfonamides is 1. The van der Waals surface area contributed by atoms with Crippen molar-refractivity contribution >= 4 is 27.5 Å². The summed E-state index contributed by atoms with van der Waals surface area (Å²) in [6.45, 7) is 2.37. The van der Waals surface area contributed by atoms with Crippen LogP contribution in [-0.4, -0.2) is 50.3 Å². The number of benzene rings is 2. The summed E-state index contributed by atoms with van der Waals surface area (Å²) in [5.41, 5.74) is 0.401. The van der Waals surface area contributed by atoms with Crippen LogP contribution >= 0.6 is 0 Å². The largest absolute Gasteiger partial charge is 0.497 e. The van der Waals surface area contributed by atoms with E-state index in [2.05, 4.69) is 0 Å². The summed E-state index contributed by atoms with van der Waals surface area (Å²) in [5.74, 6) is 0.210. The number of methoxy groups -OCH3 is 1. The lowest BCUT2D eigenvalue weighted by Gasteiger charge is -2.26. The average molecular weight is 445 g/mol. The molecular weight excluding hydrogens is 420 g/mol. The molecule has 1 aliphatic heterocycles. The van der Waals surface area contributed by atoms with Gasteiger partial charge in [0.05, 0.1) is 30.7 Å². The van der Waals surface area contributed by atoms with Crippen LogP contribution < -0.4 is 14.4 Å². The fourth-order valence-electron chi connectivity index (χ4n) is 3.76. The topological polar surface area (TPSA) is 93.2 Å². The van der Waals surface area contributed by atoms with E-state index in [4.69, 9.17) is 9.47 Å². The number of ether oxygens (including phenoxy) is 2. The van der Waals surface area contributed by atoms with Crippen molar-refractivity contribution in [2.75, 3.05) is 18.6 Å². The van der Waals surface area contributed by atoms with Crippen LogP contribution in [0.2, 0.25) is 0 Å². The molecule has 2 fully saturated rings. The molecule has 2 aromatic rings. The van der Waals surface area contributed by atoms with E-state index < -0.39 is 27.9 Å². The van der Waals surface area contributed by atoms with Gasteiger partial charge in [0, 0.05) is 6.04 Å². The molecule has 2 amide bonds. The second-order valence-electron chi connectivity index (χ2n) is 7.46. The molecule has 1 aliphatic carbocycles. The van der Waals surface area contributed by atoms with E-state index in [-0.39, 0.29) is 17.4 Å². The van der Waals surface area contributed by atoms with Gasteiger partial charge in [0.1, 0.15) is 17.5 Å². The van der Waals surface area contributed by atoms with E-state index in [1.165, 1.54) is 23.5 Å². The number of carbonyl (C=O) groups is 2. The van der Waals surface area contributed by atoms with Gasteiger partial charge in [0.15, 0.2) is 0 Å². The van der Waals surface area contributed by atoms with Gasteiger partial charge in [0.25, 0.3) is 5.91 Å². The molecule has 9 heteroatoms. The maximum Gasteiger partial charge on any atom is 0.252 e. The number of hydrogen-bond donors (Lipinski definition) is 0. The third-order valence-corrected chi connectivity index (χ3v) is 7.35. The van der Waals surface area contributed by atoms with Gasteiger partial charge in [0.2, 0.25) is 15.9 Å². The van der Waals surface area contributed by atoms with Crippen LogP contribution in [0.5, 0.6) is 11.5 Å². The molecule has 4 rings (SSSR count). The van der Waals surface area contributed by atoms with E-state index in [0.29, 0.717) is 36.6 Å². The summed E-state index contributed by atoms with van der Waals surface area (Å²) in [5, 5.41) is 0. The van der Waals surface area contributed by atoms with Gasteiger partial charge in [-0.25, -0.2) is 13.3 Å². The van der Waals surface area contributed by atoms with Crippen LogP contribution in [0.25, 0.3) is 0 Å². The molecular formula is C22H24N2O6S. The van der Waals surface area contributed by atoms with Crippen molar-refractivity contribution in [3.8, 4) is 11.5 Å². The Balaban J connectivity index is 1.63. The van der Waals surface area contributed by atoms with Crippen molar-refractivity contribution in [2.45, 2.75) is 43.2 Å². The molecule has 1 atom stereocenters. The average Bonchev–Trinajstić information content (AvgIpc) is 3.55. The second kappa shape index (κ2) is 8.32. The van der Waals surface area contributed by atoms with Crippen LogP contribution in [0, 0.1) is 0 Å². The minimum Gasteiger partial charge on any atom is -0.497 e. The van der Waals surface area contributed by atoms with Crippen LogP contribution in [0.4, 0.5) is 5.69 Å². The highest BCUT2D eigenvalue weighted by Gasteiger charge is 2.51. The van der Waals surface area contributed by atoms with Crippen molar-refractivity contribution in [3.05, 3.63) is 48.5 Å². The molecule has 164 valence electrons. The Morgan fingerprint density at radius 1 is 1.00 bits per heavy atom. The Hall–Kier alpha value is -2.91. The molecule has 31 heavy (non-hydrogen) atoms. The summed E-state index contributed by atoms with van der Waals surface area (Å²) in [7, 11) is -2.47. The van der Waals surface area contributed by atoms with E-state index in [1.54, 1.807) is 36.4 Å². The predicted molar refractivity (Wildman–Crippen MR) is 114 cm³/mol. The Labute approximate surface area is 181 Å². The number of imide groups is 1. The molecule has 0 aromatic heterocycles. The quantitative estimate of drug-likeness (QED) is 0.581. The van der Waals surface area contributed by atoms with E-state index in [1.807, 2.05) is 6.92 Å². The monoisotopic (exact) mass is 444 g/mol.